The number of amides is 2. The van der Waals surface area contributed by atoms with Crippen LogP contribution < -0.4 is 5.32 Å². The third-order valence-electron chi connectivity index (χ3n) is 4.98. The first-order chi connectivity index (χ1) is 13.3. The van der Waals surface area contributed by atoms with Gasteiger partial charge in [-0.05, 0) is 30.5 Å². The molecule has 5 heteroatoms. The molecule has 1 aliphatic heterocycles. The SMILES string of the molecule is O=C(Nc1cccc2cnccc12)N1CCC(OCc2ccccc2)CC1. The Bertz CT molecular complexity index is 900. The van der Waals surface area contributed by atoms with Gasteiger partial charge in [0.1, 0.15) is 0 Å². The van der Waals surface area contributed by atoms with Crippen LogP contribution in [0.15, 0.2) is 67.0 Å². The lowest BCUT2D eigenvalue weighted by molar-refractivity contribution is 0.00540. The number of pyridine rings is 1. The van der Waals surface area contributed by atoms with Gasteiger partial charge < -0.3 is 15.0 Å². The minimum absolute atomic E-state index is 0.0548. The van der Waals surface area contributed by atoms with Gasteiger partial charge in [0.15, 0.2) is 0 Å². The lowest BCUT2D eigenvalue weighted by Crippen LogP contribution is -2.43. The average molecular weight is 361 g/mol. The van der Waals surface area contributed by atoms with Crippen LogP contribution in [0.1, 0.15) is 18.4 Å². The minimum Gasteiger partial charge on any atom is -0.373 e. The smallest absolute Gasteiger partial charge is 0.321 e. The summed E-state index contributed by atoms with van der Waals surface area (Å²) in [6, 6.07) is 17.9. The molecule has 2 amide bonds. The third kappa shape index (κ3) is 4.26. The fraction of sp³-hybridized carbons (Fsp3) is 0.273. The number of rotatable bonds is 4. The molecule has 1 fully saturated rings. The molecule has 2 heterocycles. The van der Waals surface area contributed by atoms with Gasteiger partial charge in [0.05, 0.1) is 18.4 Å². The molecule has 0 saturated carbocycles. The Labute approximate surface area is 159 Å². The number of nitrogens with one attached hydrogen (secondary N) is 1. The third-order valence-corrected chi connectivity index (χ3v) is 4.98. The highest BCUT2D eigenvalue weighted by Crippen LogP contribution is 2.23. The minimum atomic E-state index is -0.0548. The Morgan fingerprint density at radius 2 is 1.89 bits per heavy atom. The summed E-state index contributed by atoms with van der Waals surface area (Å²) in [6.07, 6.45) is 5.48. The highest BCUT2D eigenvalue weighted by molar-refractivity contribution is 6.01. The number of ether oxygens (including phenoxy) is 1. The van der Waals surface area contributed by atoms with Gasteiger partial charge in [0.25, 0.3) is 0 Å². The first kappa shape index (κ1) is 17.5. The van der Waals surface area contributed by atoms with Gasteiger partial charge in [-0.15, -0.1) is 0 Å². The van der Waals surface area contributed by atoms with Gasteiger partial charge in [-0.1, -0.05) is 42.5 Å². The van der Waals surface area contributed by atoms with Crippen LogP contribution in [-0.2, 0) is 11.3 Å². The number of likely N-dealkylation sites (tertiary alicyclic amines) is 1. The lowest BCUT2D eigenvalue weighted by atomic mass is 10.1. The Balaban J connectivity index is 1.31. The van der Waals surface area contributed by atoms with Crippen LogP contribution in [0.5, 0.6) is 0 Å². The van der Waals surface area contributed by atoms with E-state index < -0.39 is 0 Å². The summed E-state index contributed by atoms with van der Waals surface area (Å²) >= 11 is 0. The number of nitrogens with zero attached hydrogens (tertiary/aromatic N) is 2. The number of fused-ring (bicyclic) bond motifs is 1. The molecular formula is C22H23N3O2. The van der Waals surface area contributed by atoms with Gasteiger partial charge in [-0.2, -0.15) is 0 Å². The number of hydrogen-bond donors (Lipinski definition) is 1. The second-order valence-corrected chi connectivity index (χ2v) is 6.82. The Morgan fingerprint density at radius 3 is 2.70 bits per heavy atom. The first-order valence-electron chi connectivity index (χ1n) is 9.34. The summed E-state index contributed by atoms with van der Waals surface area (Å²) in [5.74, 6) is 0. The van der Waals surface area contributed by atoms with Crippen molar-refractivity contribution < 1.29 is 9.53 Å². The van der Waals surface area contributed by atoms with E-state index in [2.05, 4.69) is 22.4 Å². The molecule has 0 unspecified atom stereocenters. The Morgan fingerprint density at radius 1 is 1.07 bits per heavy atom. The van der Waals surface area contributed by atoms with Crippen LogP contribution in [-0.4, -0.2) is 35.1 Å². The maximum absolute atomic E-state index is 12.7. The molecule has 0 bridgehead atoms. The summed E-state index contributed by atoms with van der Waals surface area (Å²) < 4.78 is 6.01. The second-order valence-electron chi connectivity index (χ2n) is 6.82. The van der Waals surface area contributed by atoms with E-state index in [1.807, 2.05) is 47.4 Å². The molecule has 0 atom stereocenters. The Hall–Kier alpha value is -2.92. The van der Waals surface area contributed by atoms with Crippen molar-refractivity contribution in [1.82, 2.24) is 9.88 Å². The zero-order chi connectivity index (χ0) is 18.5. The molecule has 27 heavy (non-hydrogen) atoms. The topological polar surface area (TPSA) is 54.5 Å². The summed E-state index contributed by atoms with van der Waals surface area (Å²) in [5.41, 5.74) is 2.01. The van der Waals surface area contributed by atoms with Gasteiger partial charge in [0, 0.05) is 36.3 Å². The lowest BCUT2D eigenvalue weighted by Gasteiger charge is -2.32. The van der Waals surface area contributed by atoms with Crippen molar-refractivity contribution in [2.75, 3.05) is 18.4 Å². The number of benzene rings is 2. The van der Waals surface area contributed by atoms with E-state index in [0.717, 1.165) is 29.3 Å². The van der Waals surface area contributed by atoms with Crippen molar-refractivity contribution in [3.05, 3.63) is 72.6 Å². The van der Waals surface area contributed by atoms with E-state index in [1.165, 1.54) is 5.56 Å². The van der Waals surface area contributed by atoms with Crippen molar-refractivity contribution >= 4 is 22.5 Å². The standard InChI is InChI=1S/C22H23N3O2/c26-22(24-21-8-4-7-18-15-23-12-9-20(18)21)25-13-10-19(11-14-25)27-16-17-5-2-1-3-6-17/h1-9,12,15,19H,10-11,13-14,16H2,(H,24,26). The molecule has 0 spiro atoms. The number of aromatic nitrogens is 1. The van der Waals surface area contributed by atoms with E-state index in [0.29, 0.717) is 19.7 Å². The summed E-state index contributed by atoms with van der Waals surface area (Å²) in [7, 11) is 0. The van der Waals surface area contributed by atoms with Crippen molar-refractivity contribution in [3.8, 4) is 0 Å². The van der Waals surface area contributed by atoms with Crippen molar-refractivity contribution in [3.63, 3.8) is 0 Å². The molecule has 1 aromatic heterocycles. The van der Waals surface area contributed by atoms with Crippen LogP contribution in [0, 0.1) is 0 Å². The van der Waals surface area contributed by atoms with Crippen molar-refractivity contribution in [2.24, 2.45) is 0 Å². The zero-order valence-corrected chi connectivity index (χ0v) is 15.2. The van der Waals surface area contributed by atoms with Crippen molar-refractivity contribution in [1.29, 1.82) is 0 Å². The second kappa shape index (κ2) is 8.18. The zero-order valence-electron chi connectivity index (χ0n) is 15.2. The monoisotopic (exact) mass is 361 g/mol. The summed E-state index contributed by atoms with van der Waals surface area (Å²) in [6.45, 7) is 2.04. The van der Waals surface area contributed by atoms with Gasteiger partial charge in [0.2, 0.25) is 0 Å². The molecule has 1 saturated heterocycles. The number of carbonyl (C=O) groups is 1. The maximum Gasteiger partial charge on any atom is 0.321 e. The fourth-order valence-electron chi connectivity index (χ4n) is 3.44. The number of hydrogen-bond acceptors (Lipinski definition) is 3. The van der Waals surface area contributed by atoms with Gasteiger partial charge in [-0.25, -0.2) is 4.79 Å². The predicted octanol–water partition coefficient (Wildman–Crippen LogP) is 4.45. The maximum atomic E-state index is 12.7. The first-order valence-corrected chi connectivity index (χ1v) is 9.34. The van der Waals surface area contributed by atoms with E-state index in [9.17, 15) is 4.79 Å². The molecule has 2 aromatic carbocycles. The van der Waals surface area contributed by atoms with Crippen molar-refractivity contribution in [2.45, 2.75) is 25.6 Å². The number of carbonyl (C=O) groups excluding carboxylic acids is 1. The van der Waals surface area contributed by atoms with Crippen LogP contribution in [0.4, 0.5) is 10.5 Å². The molecule has 3 aromatic rings. The quantitative estimate of drug-likeness (QED) is 0.747. The molecule has 1 N–H and O–H groups in total. The van der Waals surface area contributed by atoms with Gasteiger partial charge >= 0.3 is 6.03 Å². The van der Waals surface area contributed by atoms with Crippen LogP contribution in [0.2, 0.25) is 0 Å². The molecule has 0 aliphatic carbocycles. The van der Waals surface area contributed by atoms with Crippen LogP contribution >= 0.6 is 0 Å². The van der Waals surface area contributed by atoms with Crippen LogP contribution in [0.25, 0.3) is 10.8 Å². The summed E-state index contributed by atoms with van der Waals surface area (Å²) in [4.78, 5) is 18.7. The average Bonchev–Trinajstić information content (AvgIpc) is 2.74. The highest BCUT2D eigenvalue weighted by Gasteiger charge is 2.23. The van der Waals surface area contributed by atoms with Crippen LogP contribution in [0.3, 0.4) is 0 Å². The molecule has 4 rings (SSSR count). The Kier molecular flexibility index (Phi) is 5.30. The number of anilines is 1. The molecule has 138 valence electrons. The van der Waals surface area contributed by atoms with E-state index in [-0.39, 0.29) is 12.1 Å². The summed E-state index contributed by atoms with van der Waals surface area (Å²) in [5, 5.41) is 5.06. The molecule has 0 radical (unpaired) electrons. The number of piperidine rings is 1. The molecular weight excluding hydrogens is 338 g/mol. The van der Waals surface area contributed by atoms with Gasteiger partial charge in [-0.3, -0.25) is 4.98 Å². The van der Waals surface area contributed by atoms with E-state index in [4.69, 9.17) is 4.74 Å². The molecule has 5 nitrogen and oxygen atoms in total. The number of urea groups is 1. The highest BCUT2D eigenvalue weighted by atomic mass is 16.5. The molecule has 1 aliphatic rings. The largest absolute Gasteiger partial charge is 0.373 e. The van der Waals surface area contributed by atoms with E-state index >= 15 is 0 Å². The normalized spacial score (nSPS) is 15.0. The fourth-order valence-corrected chi connectivity index (χ4v) is 3.44. The predicted molar refractivity (Wildman–Crippen MR) is 107 cm³/mol. The van der Waals surface area contributed by atoms with E-state index in [1.54, 1.807) is 12.4 Å².